The quantitative estimate of drug-likeness (QED) is 0.639. The number of carboxylic acids is 1. The molecular weight excluding hydrogens is 234 g/mol. The predicted molar refractivity (Wildman–Crippen MR) is 69.1 cm³/mol. The molecule has 5 N–H and O–H groups in total. The Morgan fingerprint density at radius 2 is 1.83 bits per heavy atom. The number of nitrogen functional groups attached to an aromatic ring is 2. The highest BCUT2D eigenvalue weighted by Crippen LogP contribution is 2.13. The molecular formula is C12H17N3O3. The Labute approximate surface area is 105 Å². The highest BCUT2D eigenvalue weighted by Gasteiger charge is 2.14. The monoisotopic (exact) mass is 251 g/mol. The van der Waals surface area contributed by atoms with Crippen molar-refractivity contribution in [3.05, 3.63) is 23.8 Å². The number of rotatable bonds is 1. The van der Waals surface area contributed by atoms with Crippen molar-refractivity contribution in [1.82, 2.24) is 4.90 Å². The summed E-state index contributed by atoms with van der Waals surface area (Å²) in [5, 5.41) is 8.52. The molecule has 0 aromatic heterocycles. The molecule has 1 aliphatic rings. The third-order valence-electron chi connectivity index (χ3n) is 2.53. The molecule has 0 radical (unpaired) electrons. The lowest BCUT2D eigenvalue weighted by atomic mass is 10.2. The molecule has 0 bridgehead atoms. The van der Waals surface area contributed by atoms with Gasteiger partial charge in [-0.25, -0.2) is 4.79 Å². The summed E-state index contributed by atoms with van der Waals surface area (Å²) < 4.78 is 0. The van der Waals surface area contributed by atoms with Crippen molar-refractivity contribution in [3.63, 3.8) is 0 Å². The third kappa shape index (κ3) is 3.97. The minimum atomic E-state index is -1.02. The van der Waals surface area contributed by atoms with Gasteiger partial charge in [-0.15, -0.1) is 0 Å². The zero-order chi connectivity index (χ0) is 13.7. The lowest BCUT2D eigenvalue weighted by molar-refractivity contribution is -0.126. The molecule has 98 valence electrons. The van der Waals surface area contributed by atoms with Crippen LogP contribution in [-0.2, 0) is 4.79 Å². The number of nitrogens with two attached hydrogens (primary N) is 2. The maximum absolute atomic E-state index is 10.5. The van der Waals surface area contributed by atoms with Crippen LogP contribution < -0.4 is 11.5 Å². The molecule has 18 heavy (non-hydrogen) atoms. The van der Waals surface area contributed by atoms with Crippen molar-refractivity contribution < 1.29 is 14.7 Å². The summed E-state index contributed by atoms with van der Waals surface area (Å²) in [4.78, 5) is 22.7. The summed E-state index contributed by atoms with van der Waals surface area (Å²) in [6, 6.07) is 4.23. The first-order chi connectivity index (χ1) is 8.40. The van der Waals surface area contributed by atoms with Gasteiger partial charge in [0.25, 0.3) is 0 Å². The summed E-state index contributed by atoms with van der Waals surface area (Å²) in [6.07, 6.45) is 1.81. The van der Waals surface area contributed by atoms with Gasteiger partial charge in [0, 0.05) is 31.4 Å². The SMILES string of the molecule is CN1CCCC1=O.Nc1cc(N)cc(C(=O)O)c1. The highest BCUT2D eigenvalue weighted by atomic mass is 16.4. The number of carbonyl (C=O) groups is 2. The van der Waals surface area contributed by atoms with Crippen LogP contribution in [0.2, 0.25) is 0 Å². The highest BCUT2D eigenvalue weighted by molar-refractivity contribution is 5.90. The van der Waals surface area contributed by atoms with Crippen LogP contribution in [0, 0.1) is 0 Å². The maximum Gasteiger partial charge on any atom is 0.335 e. The number of nitrogens with zero attached hydrogens (tertiary/aromatic N) is 1. The molecule has 0 spiro atoms. The van der Waals surface area contributed by atoms with E-state index in [0.29, 0.717) is 17.3 Å². The van der Waals surface area contributed by atoms with Crippen LogP contribution in [0.15, 0.2) is 18.2 Å². The van der Waals surface area contributed by atoms with E-state index in [2.05, 4.69) is 0 Å². The van der Waals surface area contributed by atoms with Gasteiger partial charge in [0.2, 0.25) is 5.91 Å². The summed E-state index contributed by atoms with van der Waals surface area (Å²) in [5.41, 5.74) is 11.5. The van der Waals surface area contributed by atoms with Gasteiger partial charge in [0.15, 0.2) is 0 Å². The standard InChI is InChI=1S/C7H8N2O2.C5H9NO/c8-5-1-4(7(10)11)2-6(9)3-5;1-6-4-2-3-5(6)7/h1-3H,8-9H2,(H,10,11);2-4H2,1H3. The molecule has 2 rings (SSSR count). The molecule has 6 heteroatoms. The van der Waals surface area contributed by atoms with E-state index in [4.69, 9.17) is 16.6 Å². The van der Waals surface area contributed by atoms with Gasteiger partial charge >= 0.3 is 5.97 Å². The summed E-state index contributed by atoms with van der Waals surface area (Å²) >= 11 is 0. The maximum atomic E-state index is 10.5. The molecule has 0 aliphatic carbocycles. The van der Waals surface area contributed by atoms with Crippen molar-refractivity contribution in [2.75, 3.05) is 25.1 Å². The second-order valence-corrected chi connectivity index (χ2v) is 4.11. The molecule has 0 atom stereocenters. The lowest BCUT2D eigenvalue weighted by Gasteiger charge is -2.03. The second kappa shape index (κ2) is 5.90. The number of aromatic carboxylic acids is 1. The number of amides is 1. The van der Waals surface area contributed by atoms with E-state index >= 15 is 0 Å². The van der Waals surface area contributed by atoms with Crippen LogP contribution >= 0.6 is 0 Å². The number of carboxylic acid groups (broad SMARTS) is 1. The largest absolute Gasteiger partial charge is 0.478 e. The van der Waals surface area contributed by atoms with Crippen molar-refractivity contribution >= 4 is 23.3 Å². The lowest BCUT2D eigenvalue weighted by Crippen LogP contribution is -2.17. The van der Waals surface area contributed by atoms with Crippen LogP contribution in [0.1, 0.15) is 23.2 Å². The zero-order valence-corrected chi connectivity index (χ0v) is 10.2. The van der Waals surface area contributed by atoms with Gasteiger partial charge in [0.05, 0.1) is 5.56 Å². The Morgan fingerprint density at radius 3 is 2.11 bits per heavy atom. The topological polar surface area (TPSA) is 110 Å². The Kier molecular flexibility index (Phi) is 4.53. The average Bonchev–Trinajstić information content (AvgIpc) is 2.63. The van der Waals surface area contributed by atoms with Gasteiger partial charge < -0.3 is 21.5 Å². The molecule has 0 saturated carbocycles. The molecule has 1 aromatic rings. The first-order valence-electron chi connectivity index (χ1n) is 5.53. The van der Waals surface area contributed by atoms with Crippen molar-refractivity contribution in [2.24, 2.45) is 0 Å². The summed E-state index contributed by atoms with van der Waals surface area (Å²) in [7, 11) is 1.84. The van der Waals surface area contributed by atoms with Gasteiger partial charge in [-0.3, -0.25) is 4.79 Å². The van der Waals surface area contributed by atoms with E-state index < -0.39 is 5.97 Å². The fourth-order valence-corrected chi connectivity index (χ4v) is 1.58. The van der Waals surface area contributed by atoms with Crippen LogP contribution in [0.25, 0.3) is 0 Å². The summed E-state index contributed by atoms with van der Waals surface area (Å²) in [6.45, 7) is 0.957. The number of hydrogen-bond donors (Lipinski definition) is 3. The normalized spacial score (nSPS) is 14.1. The molecule has 6 nitrogen and oxygen atoms in total. The van der Waals surface area contributed by atoms with E-state index in [0.717, 1.165) is 19.4 Å². The number of benzene rings is 1. The molecule has 0 unspecified atom stereocenters. The van der Waals surface area contributed by atoms with E-state index in [1.807, 2.05) is 7.05 Å². The fraction of sp³-hybridized carbons (Fsp3) is 0.333. The second-order valence-electron chi connectivity index (χ2n) is 4.11. The summed E-state index contributed by atoms with van der Waals surface area (Å²) in [5.74, 6) is -0.732. The van der Waals surface area contributed by atoms with Crippen LogP contribution in [0.3, 0.4) is 0 Å². The average molecular weight is 251 g/mol. The predicted octanol–water partition coefficient (Wildman–Crippen LogP) is 0.788. The molecule has 1 aliphatic heterocycles. The van der Waals surface area contributed by atoms with E-state index in [9.17, 15) is 9.59 Å². The van der Waals surface area contributed by atoms with Gasteiger partial charge in [-0.1, -0.05) is 0 Å². The van der Waals surface area contributed by atoms with Crippen molar-refractivity contribution in [3.8, 4) is 0 Å². The van der Waals surface area contributed by atoms with E-state index in [1.165, 1.54) is 18.2 Å². The number of likely N-dealkylation sites (tertiary alicyclic amines) is 1. The van der Waals surface area contributed by atoms with Crippen molar-refractivity contribution in [2.45, 2.75) is 12.8 Å². The Hall–Kier alpha value is -2.24. The van der Waals surface area contributed by atoms with E-state index in [1.54, 1.807) is 4.90 Å². The minimum Gasteiger partial charge on any atom is -0.478 e. The minimum absolute atomic E-state index is 0.113. The van der Waals surface area contributed by atoms with Gasteiger partial charge in [-0.05, 0) is 24.6 Å². The molecule has 1 heterocycles. The Morgan fingerprint density at radius 1 is 1.28 bits per heavy atom. The molecule has 1 aromatic carbocycles. The first-order valence-corrected chi connectivity index (χ1v) is 5.53. The number of hydrogen-bond acceptors (Lipinski definition) is 4. The van der Waals surface area contributed by atoms with Crippen LogP contribution in [0.4, 0.5) is 11.4 Å². The third-order valence-corrected chi connectivity index (χ3v) is 2.53. The number of anilines is 2. The van der Waals surface area contributed by atoms with E-state index in [-0.39, 0.29) is 5.56 Å². The zero-order valence-electron chi connectivity index (χ0n) is 10.2. The van der Waals surface area contributed by atoms with Gasteiger partial charge in [0.1, 0.15) is 0 Å². The smallest absolute Gasteiger partial charge is 0.335 e. The Bertz CT molecular complexity index is 440. The fourth-order valence-electron chi connectivity index (χ4n) is 1.58. The molecule has 1 fully saturated rings. The molecule has 1 saturated heterocycles. The van der Waals surface area contributed by atoms with Crippen LogP contribution in [0.5, 0.6) is 0 Å². The molecule has 1 amide bonds. The first kappa shape index (κ1) is 13.8. The van der Waals surface area contributed by atoms with Gasteiger partial charge in [-0.2, -0.15) is 0 Å². The van der Waals surface area contributed by atoms with Crippen LogP contribution in [-0.4, -0.2) is 35.5 Å². The van der Waals surface area contributed by atoms with Crippen molar-refractivity contribution in [1.29, 1.82) is 0 Å². The number of carbonyl (C=O) groups excluding carboxylic acids is 1. The Balaban J connectivity index is 0.000000199.